The van der Waals surface area contributed by atoms with Crippen LogP contribution >= 0.6 is 11.8 Å². The molecular formula is C16H20F3N2O2S+. The van der Waals surface area contributed by atoms with E-state index in [1.165, 1.54) is 32.0 Å². The van der Waals surface area contributed by atoms with Gasteiger partial charge in [-0.25, -0.2) is 10.1 Å². The quantitative estimate of drug-likeness (QED) is 0.766. The number of benzene rings is 1. The van der Waals surface area contributed by atoms with E-state index in [0.29, 0.717) is 5.17 Å². The molecule has 2 atom stereocenters. The van der Waals surface area contributed by atoms with Crippen LogP contribution in [0.5, 0.6) is 0 Å². The van der Waals surface area contributed by atoms with E-state index < -0.39 is 28.1 Å². The number of rotatable bonds is 3. The lowest BCUT2D eigenvalue weighted by Gasteiger charge is -2.30. The topological polar surface area (TPSA) is 63.3 Å². The smallest absolute Gasteiger partial charge is 0.388 e. The van der Waals surface area contributed by atoms with Crippen molar-refractivity contribution < 1.29 is 28.1 Å². The summed E-state index contributed by atoms with van der Waals surface area (Å²) in [7, 11) is 0. The lowest BCUT2D eigenvalue weighted by atomic mass is 9.91. The molecule has 0 spiro atoms. The van der Waals surface area contributed by atoms with Crippen molar-refractivity contribution in [1.82, 2.24) is 5.32 Å². The highest BCUT2D eigenvalue weighted by molar-refractivity contribution is 8.16. The van der Waals surface area contributed by atoms with Crippen molar-refractivity contribution in [2.75, 3.05) is 0 Å². The number of amidine groups is 1. The average Bonchev–Trinajstić information content (AvgIpc) is 2.73. The Bertz CT molecular complexity index is 683. The fraction of sp³-hybridized carbons (Fsp3) is 0.500. The molecule has 1 fully saturated rings. The van der Waals surface area contributed by atoms with Crippen LogP contribution in [0, 0.1) is 0 Å². The molecule has 0 unspecified atom stereocenters. The van der Waals surface area contributed by atoms with Crippen LogP contribution in [0.1, 0.15) is 44.9 Å². The SMILES string of the molecule is C[C@H]([NH+]=C1NC(=O)[C@@](C)(C(C)(C)O)S1)c1ccccc1C(F)(F)F. The molecule has 8 heteroatoms. The number of hydrogen-bond acceptors (Lipinski definition) is 3. The fourth-order valence-electron chi connectivity index (χ4n) is 2.37. The summed E-state index contributed by atoms with van der Waals surface area (Å²) in [6.07, 6.45) is -4.45. The van der Waals surface area contributed by atoms with E-state index in [1.54, 1.807) is 13.8 Å². The molecule has 0 saturated carbocycles. The molecule has 1 aromatic carbocycles. The van der Waals surface area contributed by atoms with Crippen molar-refractivity contribution in [1.29, 1.82) is 0 Å². The third kappa shape index (κ3) is 3.44. The fourth-order valence-corrected chi connectivity index (χ4v) is 3.55. The maximum atomic E-state index is 13.1. The summed E-state index contributed by atoms with van der Waals surface area (Å²) < 4.78 is 38.2. The first kappa shape index (κ1) is 18.8. The third-order valence-corrected chi connectivity index (χ3v) is 5.73. The van der Waals surface area contributed by atoms with Gasteiger partial charge in [0, 0.05) is 5.56 Å². The molecule has 0 bridgehead atoms. The second-order valence-electron chi connectivity index (χ2n) is 6.43. The normalized spacial score (nSPS) is 25.0. The monoisotopic (exact) mass is 361 g/mol. The predicted octanol–water partition coefficient (Wildman–Crippen LogP) is 1.60. The Hall–Kier alpha value is -1.54. The number of amides is 1. The Morgan fingerprint density at radius 1 is 1.29 bits per heavy atom. The summed E-state index contributed by atoms with van der Waals surface area (Å²) in [5.41, 5.74) is -1.92. The second-order valence-corrected chi connectivity index (χ2v) is 7.86. The van der Waals surface area contributed by atoms with Gasteiger partial charge in [0.2, 0.25) is 0 Å². The van der Waals surface area contributed by atoms with E-state index in [4.69, 9.17) is 0 Å². The van der Waals surface area contributed by atoms with Crippen molar-refractivity contribution in [3.8, 4) is 0 Å². The van der Waals surface area contributed by atoms with Crippen molar-refractivity contribution in [3.05, 3.63) is 35.4 Å². The van der Waals surface area contributed by atoms with Crippen LogP contribution in [-0.2, 0) is 11.0 Å². The van der Waals surface area contributed by atoms with Gasteiger partial charge in [0.15, 0.2) is 4.75 Å². The van der Waals surface area contributed by atoms with E-state index in [2.05, 4.69) is 10.3 Å². The first-order chi connectivity index (χ1) is 10.9. The van der Waals surface area contributed by atoms with Crippen molar-refractivity contribution in [2.24, 2.45) is 0 Å². The predicted molar refractivity (Wildman–Crippen MR) is 86.3 cm³/mol. The zero-order valence-corrected chi connectivity index (χ0v) is 14.6. The van der Waals surface area contributed by atoms with Gasteiger partial charge < -0.3 is 5.11 Å². The van der Waals surface area contributed by atoms with Crippen LogP contribution in [0.3, 0.4) is 0 Å². The Kier molecular flexibility index (Phi) is 4.76. The van der Waals surface area contributed by atoms with Gasteiger partial charge in [-0.05, 0) is 45.5 Å². The molecule has 1 heterocycles. The highest BCUT2D eigenvalue weighted by Crippen LogP contribution is 2.39. The molecule has 1 saturated heterocycles. The van der Waals surface area contributed by atoms with Crippen molar-refractivity contribution in [2.45, 2.75) is 50.3 Å². The van der Waals surface area contributed by atoms with Crippen molar-refractivity contribution in [3.63, 3.8) is 0 Å². The zero-order chi connectivity index (χ0) is 18.3. The summed E-state index contributed by atoms with van der Waals surface area (Å²) in [6, 6.07) is 4.63. The molecule has 1 aromatic rings. The molecular weight excluding hydrogens is 341 g/mol. The summed E-state index contributed by atoms with van der Waals surface area (Å²) >= 11 is 1.08. The number of halogens is 3. The standard InChI is InChI=1S/C16H19F3N2O2S/c1-9(10-7-5-6-8-11(10)16(17,18)19)20-13-21-12(22)15(4,24-13)14(2,3)23/h5-9,23H,1-4H3,(H,20,21,22)/p+1/t9-,15-/m0/s1. The maximum Gasteiger partial charge on any atom is 0.416 e. The van der Waals surface area contributed by atoms with Crippen LogP contribution < -0.4 is 10.3 Å². The van der Waals surface area contributed by atoms with Gasteiger partial charge in [-0.2, -0.15) is 13.2 Å². The van der Waals surface area contributed by atoms with E-state index in [1.807, 2.05) is 0 Å². The van der Waals surface area contributed by atoms with Gasteiger partial charge in [-0.15, -0.1) is 0 Å². The van der Waals surface area contributed by atoms with E-state index in [-0.39, 0.29) is 11.5 Å². The molecule has 0 radical (unpaired) electrons. The number of thioether (sulfide) groups is 1. The van der Waals surface area contributed by atoms with Crippen molar-refractivity contribution >= 4 is 22.8 Å². The molecule has 4 nitrogen and oxygen atoms in total. The number of nitrogens with one attached hydrogen (secondary N) is 2. The zero-order valence-electron chi connectivity index (χ0n) is 13.8. The lowest BCUT2D eigenvalue weighted by Crippen LogP contribution is -2.75. The average molecular weight is 361 g/mol. The summed E-state index contributed by atoms with van der Waals surface area (Å²) in [5.74, 6) is -0.390. The largest absolute Gasteiger partial charge is 0.416 e. The van der Waals surface area contributed by atoms with Gasteiger partial charge in [0.25, 0.3) is 0 Å². The van der Waals surface area contributed by atoms with Gasteiger partial charge >= 0.3 is 17.3 Å². The number of carbonyl (C=O) groups is 1. The summed E-state index contributed by atoms with van der Waals surface area (Å²) in [4.78, 5) is 15.1. The van der Waals surface area contributed by atoms with Crippen LogP contribution in [-0.4, -0.2) is 26.5 Å². The lowest BCUT2D eigenvalue weighted by molar-refractivity contribution is -0.504. The van der Waals surface area contributed by atoms with E-state index >= 15 is 0 Å². The van der Waals surface area contributed by atoms with Crippen LogP contribution in [0.2, 0.25) is 0 Å². The minimum atomic E-state index is -4.45. The molecule has 0 aliphatic carbocycles. The van der Waals surface area contributed by atoms with Crippen LogP contribution in [0.25, 0.3) is 0 Å². The Morgan fingerprint density at radius 2 is 1.88 bits per heavy atom. The number of carbonyl (C=O) groups excluding carboxylic acids is 1. The number of aliphatic hydroxyl groups is 1. The molecule has 24 heavy (non-hydrogen) atoms. The molecule has 3 N–H and O–H groups in total. The first-order valence-corrected chi connectivity index (χ1v) is 8.20. The van der Waals surface area contributed by atoms with Gasteiger partial charge in [0.1, 0.15) is 6.04 Å². The number of hydrogen-bond donors (Lipinski definition) is 3. The molecule has 0 aromatic heterocycles. The first-order valence-electron chi connectivity index (χ1n) is 7.38. The Morgan fingerprint density at radius 3 is 2.38 bits per heavy atom. The van der Waals surface area contributed by atoms with Crippen LogP contribution in [0.15, 0.2) is 24.3 Å². The molecule has 1 aliphatic heterocycles. The molecule has 1 aliphatic rings. The highest BCUT2D eigenvalue weighted by Gasteiger charge is 2.57. The van der Waals surface area contributed by atoms with Gasteiger partial charge in [0.05, 0.1) is 11.2 Å². The Balaban J connectivity index is 2.33. The third-order valence-electron chi connectivity index (χ3n) is 4.21. The van der Waals surface area contributed by atoms with Crippen LogP contribution in [0.4, 0.5) is 13.2 Å². The summed E-state index contributed by atoms with van der Waals surface area (Å²) in [6.45, 7) is 6.22. The molecule has 1 amide bonds. The van der Waals surface area contributed by atoms with Gasteiger partial charge in [-0.3, -0.25) is 4.99 Å². The van der Waals surface area contributed by atoms with Gasteiger partial charge in [-0.1, -0.05) is 18.2 Å². The molecule has 2 rings (SSSR count). The van der Waals surface area contributed by atoms with E-state index in [9.17, 15) is 23.1 Å². The second kappa shape index (κ2) is 6.07. The summed E-state index contributed by atoms with van der Waals surface area (Å²) in [5, 5.41) is 13.1. The maximum absolute atomic E-state index is 13.1. The minimum Gasteiger partial charge on any atom is -0.388 e. The minimum absolute atomic E-state index is 0.0872. The Labute approximate surface area is 142 Å². The van der Waals surface area contributed by atoms with E-state index in [0.717, 1.165) is 17.8 Å². The molecule has 132 valence electrons. The number of alkyl halides is 3. The highest BCUT2D eigenvalue weighted by atomic mass is 32.2.